The summed E-state index contributed by atoms with van der Waals surface area (Å²) in [4.78, 5) is 31.5. The lowest BCUT2D eigenvalue weighted by molar-refractivity contribution is -0.120. The van der Waals surface area contributed by atoms with E-state index in [-0.39, 0.29) is 30.4 Å². The minimum Gasteiger partial charge on any atom is -0.493 e. The van der Waals surface area contributed by atoms with Crippen LogP contribution in [0.25, 0.3) is 11.3 Å². The van der Waals surface area contributed by atoms with Crippen LogP contribution in [0.3, 0.4) is 0 Å². The van der Waals surface area contributed by atoms with Crippen LogP contribution in [-0.2, 0) is 24.3 Å². The van der Waals surface area contributed by atoms with Gasteiger partial charge in [0, 0.05) is 37.3 Å². The fourth-order valence-electron chi connectivity index (χ4n) is 5.09. The summed E-state index contributed by atoms with van der Waals surface area (Å²) in [6, 6.07) is 9.92. The van der Waals surface area contributed by atoms with Gasteiger partial charge in [0.15, 0.2) is 11.5 Å². The molecule has 11 heteroatoms. The van der Waals surface area contributed by atoms with E-state index in [2.05, 4.69) is 22.9 Å². The molecule has 0 fully saturated rings. The van der Waals surface area contributed by atoms with E-state index in [4.69, 9.17) is 26.0 Å². The van der Waals surface area contributed by atoms with Crippen molar-refractivity contribution in [2.24, 2.45) is 16.6 Å². The molecule has 0 saturated heterocycles. The summed E-state index contributed by atoms with van der Waals surface area (Å²) in [6.45, 7) is 9.06. The van der Waals surface area contributed by atoms with E-state index in [1.165, 1.54) is 0 Å². The summed E-state index contributed by atoms with van der Waals surface area (Å²) in [5, 5.41) is 2.59. The van der Waals surface area contributed by atoms with E-state index >= 15 is 0 Å². The highest BCUT2D eigenvalue weighted by atomic mass is 16.5. The second-order valence-electron chi connectivity index (χ2n) is 9.70. The first-order chi connectivity index (χ1) is 19.2. The number of rotatable bonds is 9. The van der Waals surface area contributed by atoms with Crippen molar-refractivity contribution in [3.05, 3.63) is 80.6 Å². The molecule has 11 nitrogen and oxygen atoms in total. The third-order valence-electron chi connectivity index (χ3n) is 6.89. The fraction of sp³-hybridized carbons (Fsp3) is 0.345. The minimum absolute atomic E-state index is 0.00871. The van der Waals surface area contributed by atoms with Crippen molar-refractivity contribution in [2.45, 2.75) is 53.6 Å². The van der Waals surface area contributed by atoms with Crippen molar-refractivity contribution in [1.82, 2.24) is 19.9 Å². The van der Waals surface area contributed by atoms with Crippen LogP contribution >= 0.6 is 0 Å². The molecule has 1 aromatic heterocycles. The topological polar surface area (TPSA) is 151 Å². The largest absolute Gasteiger partial charge is 0.493 e. The molecule has 0 unspecified atom stereocenters. The standard InChI is InChI=1S/C29H37N7O4/c1-6-40-24-13-20-7-9-35-22(21(20)14-23(24)39-5)15-26(33-28-18(3)11-17(2)12-19(28)4)36(29(35)38)10-8-27(37)32-25(16-30)34-31/h11-16,34H,6-10,30-31H2,1-5H3,(H,32,37)/b25-16-,33-26?. The number of aromatic nitrogens is 2. The van der Waals surface area contributed by atoms with Crippen LogP contribution in [-0.4, -0.2) is 28.8 Å². The Balaban J connectivity index is 1.90. The van der Waals surface area contributed by atoms with Gasteiger partial charge >= 0.3 is 5.69 Å². The lowest BCUT2D eigenvalue weighted by Crippen LogP contribution is -2.43. The van der Waals surface area contributed by atoms with Gasteiger partial charge in [-0.1, -0.05) is 17.7 Å². The summed E-state index contributed by atoms with van der Waals surface area (Å²) >= 11 is 0. The van der Waals surface area contributed by atoms with Gasteiger partial charge in [0.05, 0.1) is 25.1 Å². The Morgan fingerprint density at radius 2 is 1.85 bits per heavy atom. The molecule has 40 heavy (non-hydrogen) atoms. The quantitative estimate of drug-likeness (QED) is 0.237. The number of hydrazine groups is 1. The van der Waals surface area contributed by atoms with Crippen LogP contribution in [0.2, 0.25) is 0 Å². The summed E-state index contributed by atoms with van der Waals surface area (Å²) in [7, 11) is 1.60. The first-order valence-corrected chi connectivity index (χ1v) is 13.2. The van der Waals surface area contributed by atoms with Gasteiger partial charge in [-0.05, 0) is 62.9 Å². The monoisotopic (exact) mass is 547 g/mol. The normalized spacial score (nSPS) is 12.9. The molecule has 0 aliphatic carbocycles. The molecule has 1 aliphatic heterocycles. The molecule has 1 aliphatic rings. The second-order valence-corrected chi connectivity index (χ2v) is 9.70. The number of methoxy groups -OCH3 is 1. The molecule has 2 heterocycles. The predicted molar refractivity (Wildman–Crippen MR) is 154 cm³/mol. The summed E-state index contributed by atoms with van der Waals surface area (Å²) < 4.78 is 14.7. The van der Waals surface area contributed by atoms with Gasteiger partial charge in [-0.3, -0.25) is 13.9 Å². The molecule has 0 atom stereocenters. The zero-order valence-corrected chi connectivity index (χ0v) is 23.6. The molecule has 1 amide bonds. The number of hydrogen-bond acceptors (Lipinski definition) is 8. The number of nitrogens with zero attached hydrogens (tertiary/aromatic N) is 3. The van der Waals surface area contributed by atoms with Crippen LogP contribution in [0.1, 0.15) is 35.6 Å². The highest BCUT2D eigenvalue weighted by molar-refractivity contribution is 5.77. The van der Waals surface area contributed by atoms with Gasteiger partial charge in [-0.2, -0.15) is 0 Å². The number of hydrogen-bond donors (Lipinski definition) is 4. The number of carbonyl (C=O) groups is 1. The Morgan fingerprint density at radius 1 is 1.12 bits per heavy atom. The molecular weight excluding hydrogens is 510 g/mol. The minimum atomic E-state index is -0.351. The second kappa shape index (κ2) is 12.1. The highest BCUT2D eigenvalue weighted by Gasteiger charge is 2.23. The highest BCUT2D eigenvalue weighted by Crippen LogP contribution is 2.37. The van der Waals surface area contributed by atoms with Crippen molar-refractivity contribution in [3.63, 3.8) is 0 Å². The lowest BCUT2D eigenvalue weighted by atomic mass is 9.97. The fourth-order valence-corrected chi connectivity index (χ4v) is 5.09. The zero-order valence-electron chi connectivity index (χ0n) is 23.6. The van der Waals surface area contributed by atoms with Crippen LogP contribution in [0.4, 0.5) is 5.69 Å². The van der Waals surface area contributed by atoms with Crippen molar-refractivity contribution in [2.75, 3.05) is 13.7 Å². The van der Waals surface area contributed by atoms with Crippen molar-refractivity contribution >= 4 is 11.6 Å². The third-order valence-corrected chi connectivity index (χ3v) is 6.89. The predicted octanol–water partition coefficient (Wildman–Crippen LogP) is 2.17. The molecule has 0 spiro atoms. The summed E-state index contributed by atoms with van der Waals surface area (Å²) in [5.74, 6) is 6.46. The Bertz CT molecular complexity index is 1580. The van der Waals surface area contributed by atoms with Crippen LogP contribution in [0, 0.1) is 20.8 Å². The van der Waals surface area contributed by atoms with E-state index < -0.39 is 0 Å². The van der Waals surface area contributed by atoms with Gasteiger partial charge in [0.2, 0.25) is 5.91 Å². The van der Waals surface area contributed by atoms with Crippen molar-refractivity contribution in [3.8, 4) is 22.8 Å². The maximum Gasteiger partial charge on any atom is 0.330 e. The Kier molecular flexibility index (Phi) is 8.64. The maximum atomic E-state index is 13.9. The van der Waals surface area contributed by atoms with Crippen molar-refractivity contribution in [1.29, 1.82) is 0 Å². The smallest absolute Gasteiger partial charge is 0.330 e. The molecule has 3 aromatic rings. The summed E-state index contributed by atoms with van der Waals surface area (Å²) in [6.07, 6.45) is 1.81. The third kappa shape index (κ3) is 5.74. The molecule has 0 bridgehead atoms. The average Bonchev–Trinajstić information content (AvgIpc) is 2.92. The average molecular weight is 548 g/mol. The number of fused-ring (bicyclic) bond motifs is 3. The zero-order chi connectivity index (χ0) is 29.0. The number of amides is 1. The Labute approximate surface area is 233 Å². The van der Waals surface area contributed by atoms with E-state index in [1.54, 1.807) is 16.2 Å². The molecule has 212 valence electrons. The number of nitrogens with one attached hydrogen (secondary N) is 2. The molecule has 0 radical (unpaired) electrons. The molecule has 2 aromatic carbocycles. The van der Waals surface area contributed by atoms with E-state index in [9.17, 15) is 9.59 Å². The first kappa shape index (κ1) is 28.5. The number of nitrogens with two attached hydrogens (primary N) is 2. The molecular formula is C29H37N7O4. The van der Waals surface area contributed by atoms with Crippen molar-refractivity contribution < 1.29 is 14.3 Å². The SMILES string of the molecule is CCOc1cc2c(cc1OC)-c1cc(=Nc3c(C)cc(C)cc3C)n(CCC(=O)N/C(=C/N)NN)c(=O)n1CC2. The Hall–Kier alpha value is -4.51. The number of ether oxygens (including phenoxy) is 2. The number of carbonyl (C=O) groups excluding carboxylic acids is 1. The maximum absolute atomic E-state index is 13.9. The molecule has 6 N–H and O–H groups in total. The van der Waals surface area contributed by atoms with Gasteiger partial charge in [-0.25, -0.2) is 15.6 Å². The van der Waals surface area contributed by atoms with E-state index in [0.717, 1.165) is 45.4 Å². The molecule has 0 saturated carbocycles. The molecule has 4 rings (SSSR count). The van der Waals surface area contributed by atoms with Crippen LogP contribution in [0.5, 0.6) is 11.5 Å². The van der Waals surface area contributed by atoms with Gasteiger partial charge in [0.1, 0.15) is 11.3 Å². The Morgan fingerprint density at radius 3 is 2.48 bits per heavy atom. The number of aryl methyl sites for hydroxylation is 4. The van der Waals surface area contributed by atoms with E-state index in [0.29, 0.717) is 36.6 Å². The number of benzene rings is 2. The van der Waals surface area contributed by atoms with Gasteiger partial charge in [0.25, 0.3) is 0 Å². The van der Waals surface area contributed by atoms with Crippen LogP contribution < -0.4 is 43.0 Å². The van der Waals surface area contributed by atoms with Gasteiger partial charge < -0.3 is 25.9 Å². The lowest BCUT2D eigenvalue weighted by Gasteiger charge is -2.25. The van der Waals surface area contributed by atoms with Gasteiger partial charge in [-0.15, -0.1) is 0 Å². The van der Waals surface area contributed by atoms with Crippen LogP contribution in [0.15, 0.2) is 52.1 Å². The first-order valence-electron chi connectivity index (χ1n) is 13.2. The summed E-state index contributed by atoms with van der Waals surface area (Å²) in [5.41, 5.74) is 14.6. The van der Waals surface area contributed by atoms with E-state index in [1.807, 2.05) is 45.9 Å².